The molecule has 2 aliphatic rings. The van der Waals surface area contributed by atoms with Gasteiger partial charge in [0.25, 0.3) is 0 Å². The maximum Gasteiger partial charge on any atom is 0.247 e. The molecule has 0 spiro atoms. The third-order valence-electron chi connectivity index (χ3n) is 7.11. The summed E-state index contributed by atoms with van der Waals surface area (Å²) >= 11 is 0. The summed E-state index contributed by atoms with van der Waals surface area (Å²) in [7, 11) is 2.03. The van der Waals surface area contributed by atoms with E-state index in [2.05, 4.69) is 20.3 Å². The quantitative estimate of drug-likeness (QED) is 0.657. The summed E-state index contributed by atoms with van der Waals surface area (Å²) in [5.41, 5.74) is 3.24. The van der Waals surface area contributed by atoms with Crippen LogP contribution in [-0.4, -0.2) is 62.4 Å². The van der Waals surface area contributed by atoms with Gasteiger partial charge < -0.3 is 15.1 Å². The number of fused-ring (bicyclic) bond motifs is 2. The number of Topliss-reactive ketones (excluding diaryl/α,β-unsaturated/α-hetero) is 1. The van der Waals surface area contributed by atoms with E-state index < -0.39 is 5.41 Å². The van der Waals surface area contributed by atoms with Gasteiger partial charge in [-0.25, -0.2) is 9.50 Å². The number of ketones is 1. The number of aromatic nitrogens is 4. The van der Waals surface area contributed by atoms with E-state index in [1.54, 1.807) is 23.8 Å². The van der Waals surface area contributed by atoms with Gasteiger partial charge in [0.2, 0.25) is 11.9 Å². The minimum absolute atomic E-state index is 0.129. The first-order valence-electron chi connectivity index (χ1n) is 11.4. The second kappa shape index (κ2) is 7.83. The average Bonchev–Trinajstić information content (AvgIpc) is 3.30. The number of nitrogens with one attached hydrogen (secondary N) is 1. The number of likely N-dealkylation sites (tertiary alicyclic amines) is 1. The molecule has 0 atom stereocenters. The van der Waals surface area contributed by atoms with Crippen LogP contribution in [0.4, 0.5) is 17.5 Å². The van der Waals surface area contributed by atoms with Crippen molar-refractivity contribution in [1.29, 1.82) is 0 Å². The summed E-state index contributed by atoms with van der Waals surface area (Å²) in [5, 5.41) is 7.86. The summed E-state index contributed by atoms with van der Waals surface area (Å²) in [6, 6.07) is 6.29. The van der Waals surface area contributed by atoms with E-state index in [1.165, 1.54) is 0 Å². The van der Waals surface area contributed by atoms with Crippen LogP contribution in [0.25, 0.3) is 5.65 Å². The first kappa shape index (κ1) is 21.4. The molecule has 172 valence electrons. The normalized spacial score (nSPS) is 17.9. The van der Waals surface area contributed by atoms with Crippen molar-refractivity contribution in [3.63, 3.8) is 0 Å². The standard InChI is InChI=1S/C24H29N7O2/c1-15(32)30-10-7-18(8-11-30)29(4)21-22-27-23(28-31(22)12-9-25-21)26-17-5-6-19-16(13-17)14-20(33)24(19,2)3/h5-6,9,12-13,18H,7-8,10-11,14H2,1-4H3,(H,26,28). The molecule has 1 aromatic carbocycles. The van der Waals surface area contributed by atoms with Crippen LogP contribution < -0.4 is 10.2 Å². The molecule has 1 saturated heterocycles. The van der Waals surface area contributed by atoms with E-state index in [0.717, 1.165) is 48.6 Å². The second-order valence-electron chi connectivity index (χ2n) is 9.52. The largest absolute Gasteiger partial charge is 0.353 e. The number of carbonyl (C=O) groups is 2. The molecule has 3 aromatic rings. The van der Waals surface area contributed by atoms with Crippen LogP contribution in [0.15, 0.2) is 30.6 Å². The number of nitrogens with zero attached hydrogens (tertiary/aromatic N) is 6. The molecule has 2 aromatic heterocycles. The Kier molecular flexibility index (Phi) is 5.07. The first-order chi connectivity index (χ1) is 15.7. The van der Waals surface area contributed by atoms with Gasteiger partial charge in [-0.15, -0.1) is 5.10 Å². The molecular weight excluding hydrogens is 418 g/mol. The van der Waals surface area contributed by atoms with Crippen molar-refractivity contribution in [2.75, 3.05) is 30.4 Å². The van der Waals surface area contributed by atoms with E-state index in [4.69, 9.17) is 4.98 Å². The van der Waals surface area contributed by atoms with Gasteiger partial charge in [0.1, 0.15) is 5.78 Å². The molecule has 5 rings (SSSR count). The number of benzene rings is 1. The number of rotatable bonds is 4. The summed E-state index contributed by atoms with van der Waals surface area (Å²) in [6.07, 6.45) is 5.75. The van der Waals surface area contributed by atoms with E-state index >= 15 is 0 Å². The van der Waals surface area contributed by atoms with Gasteiger partial charge in [-0.1, -0.05) is 6.07 Å². The molecule has 0 saturated carbocycles. The van der Waals surface area contributed by atoms with E-state index in [0.29, 0.717) is 18.0 Å². The lowest BCUT2D eigenvalue weighted by atomic mass is 9.86. The smallest absolute Gasteiger partial charge is 0.247 e. The minimum atomic E-state index is -0.430. The Hall–Kier alpha value is -3.49. The van der Waals surface area contributed by atoms with Crippen molar-refractivity contribution >= 4 is 34.8 Å². The molecule has 0 bridgehead atoms. The predicted molar refractivity (Wildman–Crippen MR) is 126 cm³/mol. The van der Waals surface area contributed by atoms with Crippen molar-refractivity contribution < 1.29 is 9.59 Å². The Balaban J connectivity index is 1.37. The Morgan fingerprint density at radius 2 is 2.00 bits per heavy atom. The number of hydrogen-bond acceptors (Lipinski definition) is 7. The zero-order chi connectivity index (χ0) is 23.3. The molecule has 1 amide bonds. The van der Waals surface area contributed by atoms with Gasteiger partial charge >= 0.3 is 0 Å². The maximum atomic E-state index is 12.3. The maximum absolute atomic E-state index is 12.3. The Morgan fingerprint density at radius 1 is 1.24 bits per heavy atom. The van der Waals surface area contributed by atoms with Gasteiger partial charge in [-0.05, 0) is 49.9 Å². The predicted octanol–water partition coefficient (Wildman–Crippen LogP) is 2.72. The third-order valence-corrected chi connectivity index (χ3v) is 7.11. The molecule has 33 heavy (non-hydrogen) atoms. The fourth-order valence-corrected chi connectivity index (χ4v) is 4.95. The number of hydrogen-bond donors (Lipinski definition) is 1. The molecule has 9 nitrogen and oxygen atoms in total. The lowest BCUT2D eigenvalue weighted by molar-refractivity contribution is -0.129. The van der Waals surface area contributed by atoms with E-state index in [-0.39, 0.29) is 17.7 Å². The van der Waals surface area contributed by atoms with Crippen molar-refractivity contribution in [2.24, 2.45) is 0 Å². The van der Waals surface area contributed by atoms with Gasteiger partial charge in [0.15, 0.2) is 11.5 Å². The van der Waals surface area contributed by atoms with Crippen molar-refractivity contribution in [1.82, 2.24) is 24.5 Å². The van der Waals surface area contributed by atoms with Crippen LogP contribution in [0.1, 0.15) is 44.7 Å². The molecule has 9 heteroatoms. The van der Waals surface area contributed by atoms with Crippen LogP contribution >= 0.6 is 0 Å². The summed E-state index contributed by atoms with van der Waals surface area (Å²) in [6.45, 7) is 7.09. The van der Waals surface area contributed by atoms with Gasteiger partial charge in [-0.2, -0.15) is 4.98 Å². The van der Waals surface area contributed by atoms with Crippen LogP contribution in [-0.2, 0) is 21.4 Å². The highest BCUT2D eigenvalue weighted by Gasteiger charge is 2.37. The zero-order valence-electron chi connectivity index (χ0n) is 19.5. The van der Waals surface area contributed by atoms with Crippen molar-refractivity contribution in [3.8, 4) is 0 Å². The molecule has 1 N–H and O–H groups in total. The molecule has 1 fully saturated rings. The molecule has 1 aliphatic heterocycles. The van der Waals surface area contributed by atoms with E-state index in [9.17, 15) is 9.59 Å². The third kappa shape index (κ3) is 3.71. The van der Waals surface area contributed by atoms with Gasteiger partial charge in [0.05, 0.1) is 0 Å². The summed E-state index contributed by atoms with van der Waals surface area (Å²) in [4.78, 5) is 37.3. The topological polar surface area (TPSA) is 95.7 Å². The summed E-state index contributed by atoms with van der Waals surface area (Å²) < 4.78 is 1.73. The van der Waals surface area contributed by atoms with Crippen LogP contribution in [0.5, 0.6) is 0 Å². The highest BCUT2D eigenvalue weighted by atomic mass is 16.2. The molecular formula is C24H29N7O2. The fraction of sp³-hybridized carbons (Fsp3) is 0.458. The average molecular weight is 448 g/mol. The zero-order valence-corrected chi connectivity index (χ0v) is 19.5. The summed E-state index contributed by atoms with van der Waals surface area (Å²) in [5.74, 6) is 1.62. The second-order valence-corrected chi connectivity index (χ2v) is 9.52. The first-order valence-corrected chi connectivity index (χ1v) is 11.4. The van der Waals surface area contributed by atoms with Gasteiger partial charge in [-0.3, -0.25) is 9.59 Å². The number of piperidine rings is 1. The number of amides is 1. The SMILES string of the molecule is CC(=O)N1CCC(N(C)c2nccn3nc(Nc4ccc5c(c4)CC(=O)C5(C)C)nc23)CC1. The number of anilines is 3. The minimum Gasteiger partial charge on any atom is -0.353 e. The van der Waals surface area contributed by atoms with E-state index in [1.807, 2.05) is 44.0 Å². The fourth-order valence-electron chi connectivity index (χ4n) is 4.95. The number of carbonyl (C=O) groups excluding carboxylic acids is 2. The molecule has 0 unspecified atom stereocenters. The highest BCUT2D eigenvalue weighted by Crippen LogP contribution is 2.37. The van der Waals surface area contributed by atoms with Crippen LogP contribution in [0, 0.1) is 0 Å². The van der Waals surface area contributed by atoms with Crippen molar-refractivity contribution in [2.45, 2.75) is 51.5 Å². The van der Waals surface area contributed by atoms with Crippen LogP contribution in [0.2, 0.25) is 0 Å². The van der Waals surface area contributed by atoms with Crippen LogP contribution in [0.3, 0.4) is 0 Å². The van der Waals surface area contributed by atoms with Gasteiger partial charge in [0, 0.05) is 63.0 Å². The monoisotopic (exact) mass is 447 g/mol. The molecule has 0 radical (unpaired) electrons. The Morgan fingerprint density at radius 3 is 2.73 bits per heavy atom. The highest BCUT2D eigenvalue weighted by molar-refractivity contribution is 5.96. The molecule has 3 heterocycles. The van der Waals surface area contributed by atoms with Crippen molar-refractivity contribution in [3.05, 3.63) is 41.7 Å². The Labute approximate surface area is 192 Å². The Bertz CT molecular complexity index is 1240. The molecule has 1 aliphatic carbocycles. The lowest BCUT2D eigenvalue weighted by Gasteiger charge is -2.36. The lowest BCUT2D eigenvalue weighted by Crippen LogP contribution is -2.45.